The van der Waals surface area contributed by atoms with Gasteiger partial charge in [-0.25, -0.2) is 4.79 Å². The van der Waals surface area contributed by atoms with Crippen molar-refractivity contribution in [1.29, 1.82) is 5.26 Å². The van der Waals surface area contributed by atoms with Crippen LogP contribution in [-0.2, 0) is 33.3 Å². The molecule has 0 aliphatic carbocycles. The number of fused-ring (bicyclic) bond motifs is 1. The number of carbonyl (C=O) groups is 2. The summed E-state index contributed by atoms with van der Waals surface area (Å²) < 4.78 is 25.5. The quantitative estimate of drug-likeness (QED) is 0.492. The molecule has 110 valence electrons. The van der Waals surface area contributed by atoms with Crippen molar-refractivity contribution in [3.05, 3.63) is 0 Å². The van der Waals surface area contributed by atoms with Crippen molar-refractivity contribution >= 4 is 11.9 Å². The molecule has 0 aromatic rings. The molecule has 2 aliphatic rings. The van der Waals surface area contributed by atoms with Crippen LogP contribution >= 0.6 is 0 Å². The highest BCUT2D eigenvalue weighted by molar-refractivity contribution is 5.71. The lowest BCUT2D eigenvalue weighted by Gasteiger charge is -2.16. The highest BCUT2D eigenvalue weighted by atomic mass is 16.7. The molecule has 4 atom stereocenters. The molecule has 0 aromatic carbocycles. The number of esters is 2. The second-order valence-electron chi connectivity index (χ2n) is 4.39. The van der Waals surface area contributed by atoms with Crippen molar-refractivity contribution in [3.8, 4) is 6.26 Å². The Kier molecular flexibility index (Phi) is 4.76. The van der Waals surface area contributed by atoms with Gasteiger partial charge in [0.05, 0.1) is 13.2 Å². The molecule has 2 heterocycles. The zero-order chi connectivity index (χ0) is 14.5. The molecule has 2 fully saturated rings. The highest BCUT2D eigenvalue weighted by Crippen LogP contribution is 2.30. The molecule has 8 heteroatoms. The Morgan fingerprint density at radius 2 is 1.70 bits per heavy atom. The first-order valence-corrected chi connectivity index (χ1v) is 6.28. The first kappa shape index (κ1) is 14.6. The molecule has 0 amide bonds. The first-order chi connectivity index (χ1) is 9.65. The summed E-state index contributed by atoms with van der Waals surface area (Å²) in [6, 6.07) is 0. The largest absolute Gasteiger partial charge is 0.457 e. The minimum atomic E-state index is -0.668. The fourth-order valence-corrected chi connectivity index (χ4v) is 2.18. The van der Waals surface area contributed by atoms with Crippen molar-refractivity contribution in [2.24, 2.45) is 0 Å². The number of rotatable bonds is 5. The van der Waals surface area contributed by atoms with Crippen LogP contribution in [-0.4, -0.2) is 56.2 Å². The predicted molar refractivity (Wildman–Crippen MR) is 61.1 cm³/mol. The SMILES string of the molecule is CCC(=O)OC1COC2C(OC(=O)COC#N)COC12. The third kappa shape index (κ3) is 3.18. The normalized spacial score (nSPS) is 31.2. The summed E-state index contributed by atoms with van der Waals surface area (Å²) in [5, 5.41) is 8.19. The van der Waals surface area contributed by atoms with Gasteiger partial charge in [0.1, 0.15) is 12.2 Å². The molecular formula is C12H15NO7. The zero-order valence-electron chi connectivity index (χ0n) is 10.9. The lowest BCUT2D eigenvalue weighted by molar-refractivity contribution is -0.157. The van der Waals surface area contributed by atoms with Gasteiger partial charge in [0, 0.05) is 6.42 Å². The Morgan fingerprint density at radius 3 is 2.20 bits per heavy atom. The minimum Gasteiger partial charge on any atom is -0.457 e. The molecular weight excluding hydrogens is 270 g/mol. The molecule has 0 N–H and O–H groups in total. The van der Waals surface area contributed by atoms with E-state index in [0.29, 0.717) is 0 Å². The summed E-state index contributed by atoms with van der Waals surface area (Å²) in [6.45, 7) is 1.63. The van der Waals surface area contributed by atoms with Gasteiger partial charge in [-0.2, -0.15) is 5.26 Å². The molecule has 0 spiro atoms. The third-order valence-corrected chi connectivity index (χ3v) is 3.07. The fraction of sp³-hybridized carbons (Fsp3) is 0.750. The first-order valence-electron chi connectivity index (χ1n) is 6.28. The number of nitriles is 1. The van der Waals surface area contributed by atoms with E-state index >= 15 is 0 Å². The standard InChI is InChI=1S/C12H15NO7/c1-2-9(14)19-7-3-17-12-8(4-18-11(7)12)20-10(15)5-16-6-13/h7-8,11-12H,2-5H2,1H3. The Bertz CT molecular complexity index is 419. The minimum absolute atomic E-state index is 0.161. The van der Waals surface area contributed by atoms with E-state index < -0.39 is 37.0 Å². The maximum atomic E-state index is 11.4. The topological polar surface area (TPSA) is 104 Å². The van der Waals surface area contributed by atoms with Gasteiger partial charge in [-0.15, -0.1) is 0 Å². The molecule has 20 heavy (non-hydrogen) atoms. The summed E-state index contributed by atoms with van der Waals surface area (Å²) in [5.41, 5.74) is 0. The maximum Gasteiger partial charge on any atom is 0.345 e. The molecule has 4 unspecified atom stereocenters. The average Bonchev–Trinajstić information content (AvgIpc) is 3.00. The number of nitrogens with zero attached hydrogens (tertiary/aromatic N) is 1. The Morgan fingerprint density at radius 1 is 1.15 bits per heavy atom. The summed E-state index contributed by atoms with van der Waals surface area (Å²) in [5.74, 6) is -0.996. The molecule has 0 bridgehead atoms. The van der Waals surface area contributed by atoms with E-state index in [0.717, 1.165) is 0 Å². The van der Waals surface area contributed by atoms with Crippen LogP contribution in [0.3, 0.4) is 0 Å². The van der Waals surface area contributed by atoms with Crippen molar-refractivity contribution in [3.63, 3.8) is 0 Å². The van der Waals surface area contributed by atoms with Crippen molar-refractivity contribution < 1.29 is 33.3 Å². The molecule has 0 radical (unpaired) electrons. The van der Waals surface area contributed by atoms with E-state index in [1.165, 1.54) is 6.26 Å². The highest BCUT2D eigenvalue weighted by Gasteiger charge is 2.51. The molecule has 2 rings (SSSR count). The summed E-state index contributed by atoms with van der Waals surface area (Å²) >= 11 is 0. The maximum absolute atomic E-state index is 11.4. The van der Waals surface area contributed by atoms with E-state index in [4.69, 9.17) is 24.2 Å². The molecule has 0 saturated carbocycles. The zero-order valence-corrected chi connectivity index (χ0v) is 10.9. The van der Waals surface area contributed by atoms with Gasteiger partial charge in [-0.3, -0.25) is 4.79 Å². The van der Waals surface area contributed by atoms with Crippen LogP contribution in [0, 0.1) is 11.5 Å². The number of ether oxygens (including phenoxy) is 5. The fourth-order valence-electron chi connectivity index (χ4n) is 2.18. The Labute approximate surface area is 115 Å². The van der Waals surface area contributed by atoms with E-state index in [-0.39, 0.29) is 25.6 Å². The van der Waals surface area contributed by atoms with Crippen LogP contribution in [0.1, 0.15) is 13.3 Å². The van der Waals surface area contributed by atoms with Gasteiger partial charge in [0.25, 0.3) is 6.26 Å². The van der Waals surface area contributed by atoms with Crippen molar-refractivity contribution in [1.82, 2.24) is 0 Å². The monoisotopic (exact) mass is 285 g/mol. The summed E-state index contributed by atoms with van der Waals surface area (Å²) in [4.78, 5) is 22.6. The van der Waals surface area contributed by atoms with Crippen LogP contribution in [0.2, 0.25) is 0 Å². The van der Waals surface area contributed by atoms with Crippen molar-refractivity contribution in [2.45, 2.75) is 37.8 Å². The molecule has 0 aromatic heterocycles. The van der Waals surface area contributed by atoms with Crippen LogP contribution in [0.4, 0.5) is 0 Å². The molecule has 8 nitrogen and oxygen atoms in total. The van der Waals surface area contributed by atoms with Gasteiger partial charge in [-0.05, 0) is 0 Å². The van der Waals surface area contributed by atoms with Gasteiger partial charge >= 0.3 is 11.9 Å². The second-order valence-corrected chi connectivity index (χ2v) is 4.39. The van der Waals surface area contributed by atoms with E-state index in [9.17, 15) is 9.59 Å². The van der Waals surface area contributed by atoms with Crippen LogP contribution in [0.25, 0.3) is 0 Å². The van der Waals surface area contributed by atoms with E-state index in [2.05, 4.69) is 4.74 Å². The van der Waals surface area contributed by atoms with Gasteiger partial charge in [0.2, 0.25) is 0 Å². The van der Waals surface area contributed by atoms with E-state index in [1.54, 1.807) is 6.92 Å². The smallest absolute Gasteiger partial charge is 0.345 e. The van der Waals surface area contributed by atoms with Gasteiger partial charge < -0.3 is 23.7 Å². The van der Waals surface area contributed by atoms with Gasteiger partial charge in [0.15, 0.2) is 18.8 Å². The number of carbonyl (C=O) groups excluding carboxylic acids is 2. The second kappa shape index (κ2) is 6.54. The summed E-state index contributed by atoms with van der Waals surface area (Å²) in [6.07, 6.45) is -0.296. The number of hydrogen-bond acceptors (Lipinski definition) is 8. The summed E-state index contributed by atoms with van der Waals surface area (Å²) in [7, 11) is 0. The van der Waals surface area contributed by atoms with E-state index in [1.807, 2.05) is 0 Å². The Balaban J connectivity index is 1.84. The van der Waals surface area contributed by atoms with Crippen LogP contribution < -0.4 is 0 Å². The Hall–Kier alpha value is -1.85. The van der Waals surface area contributed by atoms with Crippen molar-refractivity contribution in [2.75, 3.05) is 19.8 Å². The lowest BCUT2D eigenvalue weighted by atomic mass is 10.1. The molecule has 2 aliphatic heterocycles. The average molecular weight is 285 g/mol. The van der Waals surface area contributed by atoms with Crippen LogP contribution in [0.5, 0.6) is 0 Å². The molecule has 2 saturated heterocycles. The predicted octanol–water partition coefficient (Wildman–Crippen LogP) is -0.485. The van der Waals surface area contributed by atoms with Crippen LogP contribution in [0.15, 0.2) is 0 Å². The van der Waals surface area contributed by atoms with Gasteiger partial charge in [-0.1, -0.05) is 6.92 Å². The lowest BCUT2D eigenvalue weighted by Crippen LogP contribution is -2.36. The number of hydrogen-bond donors (Lipinski definition) is 0. The third-order valence-electron chi connectivity index (χ3n) is 3.07.